The number of amides is 1. The molecule has 1 amide bonds. The number of likely N-dealkylation sites (tertiary alicyclic amines) is 1. The van der Waals surface area contributed by atoms with Gasteiger partial charge in [-0.2, -0.15) is 18.3 Å². The summed E-state index contributed by atoms with van der Waals surface area (Å²) in [5.74, 6) is 0.0146. The number of nitrogens with zero attached hydrogens (tertiary/aromatic N) is 5. The zero-order chi connectivity index (χ0) is 23.9. The lowest BCUT2D eigenvalue weighted by Crippen LogP contribution is -2.43. The van der Waals surface area contributed by atoms with E-state index in [1.165, 1.54) is 17.7 Å². The van der Waals surface area contributed by atoms with Crippen LogP contribution in [-0.4, -0.2) is 45.2 Å². The molecule has 1 unspecified atom stereocenters. The molecule has 4 heterocycles. The Morgan fingerprint density at radius 3 is 2.44 bits per heavy atom. The molecule has 2 aromatic heterocycles. The van der Waals surface area contributed by atoms with Gasteiger partial charge in [0, 0.05) is 36.7 Å². The van der Waals surface area contributed by atoms with Gasteiger partial charge in [-0.3, -0.25) is 19.4 Å². The number of carbonyl (C=O) groups excluding carboxylic acids is 1. The Hall–Kier alpha value is -3.20. The second kappa shape index (κ2) is 8.87. The van der Waals surface area contributed by atoms with E-state index in [4.69, 9.17) is 0 Å². The predicted octanol–water partition coefficient (Wildman–Crippen LogP) is 4.90. The van der Waals surface area contributed by atoms with Crippen molar-refractivity contribution < 1.29 is 18.0 Å². The van der Waals surface area contributed by atoms with Crippen molar-refractivity contribution in [1.29, 1.82) is 0 Å². The molecule has 34 heavy (non-hydrogen) atoms. The van der Waals surface area contributed by atoms with Gasteiger partial charge in [-0.25, -0.2) is 0 Å². The second-order valence-corrected chi connectivity index (χ2v) is 9.11. The Morgan fingerprint density at radius 1 is 1.06 bits per heavy atom. The normalized spacial score (nSPS) is 19.9. The number of alkyl halides is 3. The standard InChI is InChI=1S/C25H26F3N5O/c1-17-15-32(21-6-4-20(5-7-21)25(26,27)28)24(34)23-22(14-30-33(17)23)19-8-11-31(12-9-19)16-18-3-2-10-29-13-18/h2-7,10,13-14,17,19H,8-9,11-12,15-16H2,1H3. The minimum absolute atomic E-state index is 0.0746. The van der Waals surface area contributed by atoms with Crippen molar-refractivity contribution in [3.05, 3.63) is 77.4 Å². The first-order valence-corrected chi connectivity index (χ1v) is 11.5. The Balaban J connectivity index is 1.33. The number of pyridine rings is 1. The Kier molecular flexibility index (Phi) is 5.89. The van der Waals surface area contributed by atoms with Gasteiger partial charge < -0.3 is 4.90 Å². The fraction of sp³-hybridized carbons (Fsp3) is 0.400. The van der Waals surface area contributed by atoms with Crippen molar-refractivity contribution in [3.63, 3.8) is 0 Å². The van der Waals surface area contributed by atoms with Crippen molar-refractivity contribution in [2.24, 2.45) is 0 Å². The van der Waals surface area contributed by atoms with Gasteiger partial charge in [-0.15, -0.1) is 0 Å². The van der Waals surface area contributed by atoms with Crippen molar-refractivity contribution in [1.82, 2.24) is 19.7 Å². The summed E-state index contributed by atoms with van der Waals surface area (Å²) >= 11 is 0. The van der Waals surface area contributed by atoms with Gasteiger partial charge in [-0.05, 0) is 74.7 Å². The molecule has 0 spiro atoms. The van der Waals surface area contributed by atoms with E-state index >= 15 is 0 Å². The zero-order valence-corrected chi connectivity index (χ0v) is 18.9. The topological polar surface area (TPSA) is 54.3 Å². The van der Waals surface area contributed by atoms with Crippen molar-refractivity contribution in [2.45, 2.75) is 44.4 Å². The van der Waals surface area contributed by atoms with E-state index in [9.17, 15) is 18.0 Å². The number of hydrogen-bond acceptors (Lipinski definition) is 4. The van der Waals surface area contributed by atoms with E-state index in [1.54, 1.807) is 22.0 Å². The predicted molar refractivity (Wildman–Crippen MR) is 122 cm³/mol. The van der Waals surface area contributed by atoms with Crippen LogP contribution >= 0.6 is 0 Å². The molecule has 0 radical (unpaired) electrons. The lowest BCUT2D eigenvalue weighted by molar-refractivity contribution is -0.137. The highest BCUT2D eigenvalue weighted by molar-refractivity contribution is 6.06. The maximum atomic E-state index is 13.5. The molecular formula is C25H26F3N5O. The molecule has 1 aromatic carbocycles. The summed E-state index contributed by atoms with van der Waals surface area (Å²) in [6.07, 6.45) is 2.89. The second-order valence-electron chi connectivity index (χ2n) is 9.11. The third kappa shape index (κ3) is 4.32. The van der Waals surface area contributed by atoms with Gasteiger partial charge in [-0.1, -0.05) is 6.07 Å². The van der Waals surface area contributed by atoms with Gasteiger partial charge in [0.25, 0.3) is 5.91 Å². The highest BCUT2D eigenvalue weighted by Crippen LogP contribution is 2.36. The molecule has 1 saturated heterocycles. The van der Waals surface area contributed by atoms with Crippen LogP contribution in [-0.2, 0) is 12.7 Å². The van der Waals surface area contributed by atoms with Crippen LogP contribution in [0.25, 0.3) is 0 Å². The number of benzene rings is 1. The summed E-state index contributed by atoms with van der Waals surface area (Å²) in [6.45, 7) is 5.01. The fourth-order valence-electron chi connectivity index (χ4n) is 4.99. The third-order valence-corrected chi connectivity index (χ3v) is 6.80. The number of hydrogen-bond donors (Lipinski definition) is 0. The maximum Gasteiger partial charge on any atom is 0.416 e. The lowest BCUT2D eigenvalue weighted by Gasteiger charge is -2.35. The maximum absolute atomic E-state index is 13.5. The van der Waals surface area contributed by atoms with E-state index in [2.05, 4.69) is 21.0 Å². The SMILES string of the molecule is CC1CN(c2ccc(C(F)(F)F)cc2)C(=O)c2c(C3CCN(Cc4cccnc4)CC3)cnn21. The molecule has 0 bridgehead atoms. The number of aromatic nitrogens is 3. The van der Waals surface area contributed by atoms with Crippen LogP contribution in [0.4, 0.5) is 18.9 Å². The zero-order valence-electron chi connectivity index (χ0n) is 18.9. The van der Waals surface area contributed by atoms with Crippen LogP contribution in [0, 0.1) is 0 Å². The number of piperidine rings is 1. The molecule has 6 nitrogen and oxygen atoms in total. The van der Waals surface area contributed by atoms with Crippen LogP contribution in [0.1, 0.15) is 58.9 Å². The first-order chi connectivity index (χ1) is 16.3. The van der Waals surface area contributed by atoms with Crippen LogP contribution in [0.15, 0.2) is 55.0 Å². The van der Waals surface area contributed by atoms with Crippen molar-refractivity contribution in [2.75, 3.05) is 24.5 Å². The molecular weight excluding hydrogens is 443 g/mol. The summed E-state index contributed by atoms with van der Waals surface area (Å²) in [7, 11) is 0. The number of fused-ring (bicyclic) bond motifs is 1. The Labute approximate surface area is 196 Å². The van der Waals surface area contributed by atoms with Crippen LogP contribution in [0.2, 0.25) is 0 Å². The molecule has 2 aliphatic heterocycles. The van der Waals surface area contributed by atoms with E-state index < -0.39 is 11.7 Å². The molecule has 9 heteroatoms. The Bertz CT molecular complexity index is 1150. The summed E-state index contributed by atoms with van der Waals surface area (Å²) < 4.78 is 40.7. The first-order valence-electron chi connectivity index (χ1n) is 11.5. The average Bonchev–Trinajstić information content (AvgIpc) is 3.28. The molecule has 178 valence electrons. The van der Waals surface area contributed by atoms with Crippen LogP contribution in [0.5, 0.6) is 0 Å². The third-order valence-electron chi connectivity index (χ3n) is 6.80. The number of rotatable bonds is 4. The van der Waals surface area contributed by atoms with Gasteiger partial charge >= 0.3 is 6.18 Å². The minimum atomic E-state index is -4.41. The smallest absolute Gasteiger partial charge is 0.305 e. The molecule has 1 fully saturated rings. The van der Waals surface area contributed by atoms with Gasteiger partial charge in [0.15, 0.2) is 0 Å². The highest BCUT2D eigenvalue weighted by atomic mass is 19.4. The Morgan fingerprint density at radius 2 is 1.79 bits per heavy atom. The van der Waals surface area contributed by atoms with Gasteiger partial charge in [0.2, 0.25) is 0 Å². The molecule has 0 aliphatic carbocycles. The molecule has 1 atom stereocenters. The minimum Gasteiger partial charge on any atom is -0.305 e. The molecule has 0 N–H and O–H groups in total. The molecule has 0 saturated carbocycles. The van der Waals surface area contributed by atoms with Crippen LogP contribution in [0.3, 0.4) is 0 Å². The number of halogens is 3. The number of anilines is 1. The molecule has 5 rings (SSSR count). The first kappa shape index (κ1) is 22.6. The summed E-state index contributed by atoms with van der Waals surface area (Å²) in [6, 6.07) is 8.73. The average molecular weight is 470 g/mol. The summed E-state index contributed by atoms with van der Waals surface area (Å²) in [5, 5.41) is 4.52. The molecule has 2 aliphatic rings. The highest BCUT2D eigenvalue weighted by Gasteiger charge is 2.37. The van der Waals surface area contributed by atoms with Gasteiger partial charge in [0.05, 0.1) is 17.8 Å². The largest absolute Gasteiger partial charge is 0.416 e. The summed E-state index contributed by atoms with van der Waals surface area (Å²) in [4.78, 5) is 21.6. The van der Waals surface area contributed by atoms with E-state index in [-0.39, 0.29) is 17.9 Å². The quantitative estimate of drug-likeness (QED) is 0.546. The van der Waals surface area contributed by atoms with E-state index in [0.29, 0.717) is 17.9 Å². The molecule has 3 aromatic rings. The lowest BCUT2D eigenvalue weighted by atomic mass is 9.88. The monoisotopic (exact) mass is 469 g/mol. The van der Waals surface area contributed by atoms with Crippen LogP contribution < -0.4 is 4.90 Å². The fourth-order valence-corrected chi connectivity index (χ4v) is 4.99. The number of carbonyl (C=O) groups is 1. The van der Waals surface area contributed by atoms with E-state index in [0.717, 1.165) is 50.2 Å². The van der Waals surface area contributed by atoms with Crippen molar-refractivity contribution in [3.8, 4) is 0 Å². The van der Waals surface area contributed by atoms with Crippen molar-refractivity contribution >= 4 is 11.6 Å². The van der Waals surface area contributed by atoms with Gasteiger partial charge in [0.1, 0.15) is 5.69 Å². The summed E-state index contributed by atoms with van der Waals surface area (Å²) in [5.41, 5.74) is 2.42. The van der Waals surface area contributed by atoms with E-state index in [1.807, 2.05) is 19.2 Å².